The molecular weight excluding hydrogens is 416 g/mol. The zero-order chi connectivity index (χ0) is 21.8. The predicted octanol–water partition coefficient (Wildman–Crippen LogP) is 3.68. The molecular formula is C22H22N4O4S. The normalized spacial score (nSPS) is 14.4. The van der Waals surface area contributed by atoms with E-state index >= 15 is 0 Å². The molecule has 1 amide bonds. The Hall–Kier alpha value is -3.30. The molecule has 1 saturated heterocycles. The van der Waals surface area contributed by atoms with E-state index in [1.807, 2.05) is 18.2 Å². The second-order valence-corrected chi connectivity index (χ2v) is 8.08. The summed E-state index contributed by atoms with van der Waals surface area (Å²) in [7, 11) is 1.37. The smallest absolute Gasteiger partial charge is 0.311 e. The number of carbonyl (C=O) groups is 1. The van der Waals surface area contributed by atoms with Crippen LogP contribution in [-0.4, -0.2) is 58.9 Å². The number of benzene rings is 2. The number of hydrogen-bond donors (Lipinski definition) is 0. The number of aromatic nitrogens is 1. The fraction of sp³-hybridized carbons (Fsp3) is 0.273. The van der Waals surface area contributed by atoms with Crippen molar-refractivity contribution in [3.05, 3.63) is 75.3 Å². The van der Waals surface area contributed by atoms with Crippen LogP contribution in [0.2, 0.25) is 0 Å². The van der Waals surface area contributed by atoms with Gasteiger partial charge in [0.25, 0.3) is 5.91 Å². The number of nitro groups is 1. The van der Waals surface area contributed by atoms with Gasteiger partial charge in [0.2, 0.25) is 0 Å². The molecule has 160 valence electrons. The van der Waals surface area contributed by atoms with E-state index < -0.39 is 4.92 Å². The summed E-state index contributed by atoms with van der Waals surface area (Å²) in [5.74, 6) is -0.0603. The third-order valence-corrected chi connectivity index (χ3v) is 6.18. The zero-order valence-electron chi connectivity index (χ0n) is 17.1. The van der Waals surface area contributed by atoms with Gasteiger partial charge >= 0.3 is 5.69 Å². The van der Waals surface area contributed by atoms with Crippen molar-refractivity contribution in [2.45, 2.75) is 6.54 Å². The van der Waals surface area contributed by atoms with E-state index in [0.717, 1.165) is 35.9 Å². The van der Waals surface area contributed by atoms with Gasteiger partial charge < -0.3 is 9.64 Å². The van der Waals surface area contributed by atoms with Crippen LogP contribution in [0.3, 0.4) is 0 Å². The molecule has 1 aliphatic rings. The van der Waals surface area contributed by atoms with Crippen molar-refractivity contribution >= 4 is 22.9 Å². The summed E-state index contributed by atoms with van der Waals surface area (Å²) >= 11 is 1.63. The van der Waals surface area contributed by atoms with E-state index in [1.165, 1.54) is 19.2 Å². The maximum Gasteiger partial charge on any atom is 0.311 e. The van der Waals surface area contributed by atoms with E-state index in [2.05, 4.69) is 22.4 Å². The Kier molecular flexibility index (Phi) is 6.24. The Bertz CT molecular complexity index is 1080. The first kappa shape index (κ1) is 21.0. The largest absolute Gasteiger partial charge is 0.490 e. The molecule has 1 fully saturated rings. The molecule has 4 rings (SSSR count). The minimum atomic E-state index is -0.537. The van der Waals surface area contributed by atoms with E-state index in [-0.39, 0.29) is 17.3 Å². The van der Waals surface area contributed by atoms with Gasteiger partial charge in [-0.3, -0.25) is 19.8 Å². The number of hydrogen-bond acceptors (Lipinski definition) is 7. The van der Waals surface area contributed by atoms with Gasteiger partial charge in [0.05, 0.1) is 17.7 Å². The Labute approximate surface area is 183 Å². The van der Waals surface area contributed by atoms with Crippen molar-refractivity contribution in [3.63, 3.8) is 0 Å². The van der Waals surface area contributed by atoms with Gasteiger partial charge in [-0.25, -0.2) is 4.98 Å². The van der Waals surface area contributed by atoms with E-state index in [4.69, 9.17) is 9.72 Å². The second-order valence-electron chi connectivity index (χ2n) is 7.22. The highest BCUT2D eigenvalue weighted by Crippen LogP contribution is 2.28. The average Bonchev–Trinajstić information content (AvgIpc) is 3.27. The molecule has 0 radical (unpaired) electrons. The summed E-state index contributed by atoms with van der Waals surface area (Å²) in [5, 5.41) is 14.3. The molecule has 0 N–H and O–H groups in total. The molecule has 0 aliphatic carbocycles. The summed E-state index contributed by atoms with van der Waals surface area (Å²) in [6.07, 6.45) is 0. The molecule has 0 bridgehead atoms. The number of ether oxygens (including phenoxy) is 1. The molecule has 8 nitrogen and oxygen atoms in total. The van der Waals surface area contributed by atoms with Crippen LogP contribution < -0.4 is 4.74 Å². The van der Waals surface area contributed by atoms with Crippen LogP contribution in [0, 0.1) is 10.1 Å². The van der Waals surface area contributed by atoms with Gasteiger partial charge in [-0.1, -0.05) is 30.3 Å². The van der Waals surface area contributed by atoms with Gasteiger partial charge in [0.1, 0.15) is 5.01 Å². The van der Waals surface area contributed by atoms with Gasteiger partial charge in [-0.05, 0) is 12.1 Å². The van der Waals surface area contributed by atoms with Crippen molar-refractivity contribution < 1.29 is 14.5 Å². The first-order chi connectivity index (χ1) is 15.0. The minimum absolute atomic E-state index is 0.143. The quantitative estimate of drug-likeness (QED) is 0.431. The van der Waals surface area contributed by atoms with Gasteiger partial charge in [-0.2, -0.15) is 0 Å². The number of piperazine rings is 1. The average molecular weight is 439 g/mol. The molecule has 31 heavy (non-hydrogen) atoms. The highest BCUT2D eigenvalue weighted by Gasteiger charge is 2.25. The molecule has 1 aliphatic heterocycles. The monoisotopic (exact) mass is 438 g/mol. The lowest BCUT2D eigenvalue weighted by Crippen LogP contribution is -2.48. The highest BCUT2D eigenvalue weighted by atomic mass is 32.1. The van der Waals surface area contributed by atoms with Crippen LogP contribution in [0.1, 0.15) is 16.1 Å². The van der Waals surface area contributed by atoms with Crippen LogP contribution in [0.25, 0.3) is 10.6 Å². The van der Waals surface area contributed by atoms with Crippen molar-refractivity contribution in [2.24, 2.45) is 0 Å². The third kappa shape index (κ3) is 4.73. The van der Waals surface area contributed by atoms with Gasteiger partial charge in [0.15, 0.2) is 5.75 Å². The number of methoxy groups -OCH3 is 1. The number of amides is 1. The van der Waals surface area contributed by atoms with Gasteiger partial charge in [0, 0.05) is 55.3 Å². The number of nitro benzene ring substituents is 1. The van der Waals surface area contributed by atoms with Crippen LogP contribution >= 0.6 is 11.3 Å². The lowest BCUT2D eigenvalue weighted by molar-refractivity contribution is -0.385. The Morgan fingerprint density at radius 2 is 1.90 bits per heavy atom. The SMILES string of the molecule is COc1ccc(C(=O)N2CCN(Cc3csc(-c4ccccc4)n3)CC2)cc1[N+](=O)[O-]. The molecule has 0 atom stereocenters. The molecule has 3 aromatic rings. The lowest BCUT2D eigenvalue weighted by atomic mass is 10.1. The maximum absolute atomic E-state index is 12.8. The second kappa shape index (κ2) is 9.23. The summed E-state index contributed by atoms with van der Waals surface area (Å²) in [6.45, 7) is 3.31. The van der Waals surface area contributed by atoms with Crippen molar-refractivity contribution in [2.75, 3.05) is 33.3 Å². The molecule has 2 heterocycles. The number of rotatable bonds is 6. The molecule has 0 spiro atoms. The first-order valence-electron chi connectivity index (χ1n) is 9.89. The Balaban J connectivity index is 1.36. The summed E-state index contributed by atoms with van der Waals surface area (Å²) < 4.78 is 5.01. The molecule has 0 saturated carbocycles. The predicted molar refractivity (Wildman–Crippen MR) is 118 cm³/mol. The topological polar surface area (TPSA) is 88.8 Å². The fourth-order valence-electron chi connectivity index (χ4n) is 3.58. The summed E-state index contributed by atoms with van der Waals surface area (Å²) in [5.41, 5.74) is 2.23. The van der Waals surface area contributed by atoms with Crippen LogP contribution in [0.5, 0.6) is 5.75 Å². The lowest BCUT2D eigenvalue weighted by Gasteiger charge is -2.34. The van der Waals surface area contributed by atoms with Crippen LogP contribution in [-0.2, 0) is 6.54 Å². The molecule has 0 unspecified atom stereocenters. The van der Waals surface area contributed by atoms with Crippen molar-refractivity contribution in [3.8, 4) is 16.3 Å². The molecule has 9 heteroatoms. The van der Waals surface area contributed by atoms with Crippen LogP contribution in [0.4, 0.5) is 5.69 Å². The van der Waals surface area contributed by atoms with E-state index in [9.17, 15) is 14.9 Å². The minimum Gasteiger partial charge on any atom is -0.490 e. The Morgan fingerprint density at radius 1 is 1.16 bits per heavy atom. The Morgan fingerprint density at radius 3 is 2.58 bits per heavy atom. The standard InChI is InChI=1S/C22H22N4O4S/c1-30-20-8-7-17(13-19(20)26(28)29)22(27)25-11-9-24(10-12-25)14-18-15-31-21(23-18)16-5-3-2-4-6-16/h2-8,13,15H,9-12,14H2,1H3. The van der Waals surface area contributed by atoms with E-state index in [1.54, 1.807) is 22.3 Å². The van der Waals surface area contributed by atoms with Crippen molar-refractivity contribution in [1.82, 2.24) is 14.8 Å². The maximum atomic E-state index is 12.8. The van der Waals surface area contributed by atoms with Gasteiger partial charge in [-0.15, -0.1) is 11.3 Å². The van der Waals surface area contributed by atoms with Crippen LogP contribution in [0.15, 0.2) is 53.9 Å². The number of nitrogens with zero attached hydrogens (tertiary/aromatic N) is 4. The fourth-order valence-corrected chi connectivity index (χ4v) is 4.40. The van der Waals surface area contributed by atoms with E-state index in [0.29, 0.717) is 18.7 Å². The first-order valence-corrected chi connectivity index (χ1v) is 10.8. The summed E-state index contributed by atoms with van der Waals surface area (Å²) in [4.78, 5) is 32.3. The molecule has 2 aromatic carbocycles. The highest BCUT2D eigenvalue weighted by molar-refractivity contribution is 7.13. The number of thiazole rings is 1. The third-order valence-electron chi connectivity index (χ3n) is 5.24. The van der Waals surface area contributed by atoms with Crippen molar-refractivity contribution in [1.29, 1.82) is 0 Å². The zero-order valence-corrected chi connectivity index (χ0v) is 17.9. The molecule has 1 aromatic heterocycles. The number of carbonyl (C=O) groups excluding carboxylic acids is 1. The summed E-state index contributed by atoms with van der Waals surface area (Å²) in [6, 6.07) is 14.4.